The van der Waals surface area contributed by atoms with Crippen molar-refractivity contribution in [3.63, 3.8) is 0 Å². The fourth-order valence-corrected chi connectivity index (χ4v) is 4.19. The highest BCUT2D eigenvalue weighted by Crippen LogP contribution is 2.42. The molecular weight excluding hydrogens is 216 g/mol. The van der Waals surface area contributed by atoms with Crippen molar-refractivity contribution < 1.29 is 0 Å². The number of hydrogen-bond donors (Lipinski definition) is 0. The van der Waals surface area contributed by atoms with E-state index in [1.165, 1.54) is 51.4 Å². The Labute approximate surface area is 114 Å². The van der Waals surface area contributed by atoms with Crippen LogP contribution in [-0.4, -0.2) is 0 Å². The Morgan fingerprint density at radius 2 is 1.11 bits per heavy atom. The molecule has 0 heteroatoms. The van der Waals surface area contributed by atoms with Gasteiger partial charge in [-0.25, -0.2) is 0 Å². The van der Waals surface area contributed by atoms with Gasteiger partial charge in [-0.2, -0.15) is 0 Å². The average Bonchev–Trinajstić information content (AvgIpc) is 2.39. The second kappa shape index (κ2) is 6.26. The first kappa shape index (κ1) is 14.2. The third-order valence-corrected chi connectivity index (χ3v) is 5.90. The first-order valence-corrected chi connectivity index (χ1v) is 8.22. The zero-order valence-electron chi connectivity index (χ0n) is 13.0. The maximum atomic E-state index is 2.44. The Kier molecular flexibility index (Phi) is 4.92. The van der Waals surface area contributed by atoms with Crippen LogP contribution < -0.4 is 0 Å². The molecule has 0 aromatic rings. The van der Waals surface area contributed by atoms with Crippen molar-refractivity contribution >= 4 is 0 Å². The third kappa shape index (κ3) is 3.39. The third-order valence-electron chi connectivity index (χ3n) is 5.90. The largest absolute Gasteiger partial charge is 0.0772 e. The molecule has 0 heterocycles. The lowest BCUT2D eigenvalue weighted by Gasteiger charge is -2.37. The van der Waals surface area contributed by atoms with Crippen LogP contribution in [0.15, 0.2) is 11.1 Å². The Morgan fingerprint density at radius 3 is 1.56 bits per heavy atom. The molecule has 2 aliphatic rings. The Bertz CT molecular complexity index is 279. The van der Waals surface area contributed by atoms with E-state index in [0.29, 0.717) is 0 Å². The number of allylic oxidation sites excluding steroid dienone is 2. The van der Waals surface area contributed by atoms with Crippen LogP contribution in [0.2, 0.25) is 0 Å². The van der Waals surface area contributed by atoms with E-state index in [0.717, 1.165) is 23.7 Å². The van der Waals surface area contributed by atoms with Gasteiger partial charge in [0, 0.05) is 0 Å². The predicted octanol–water partition coefficient (Wildman–Crippen LogP) is 5.98. The molecule has 0 N–H and O–H groups in total. The van der Waals surface area contributed by atoms with Crippen LogP contribution in [0.25, 0.3) is 0 Å². The van der Waals surface area contributed by atoms with Gasteiger partial charge in [-0.15, -0.1) is 0 Å². The second-order valence-corrected chi connectivity index (χ2v) is 7.31. The molecule has 2 saturated carbocycles. The minimum Gasteiger partial charge on any atom is -0.0772 e. The summed E-state index contributed by atoms with van der Waals surface area (Å²) < 4.78 is 0. The van der Waals surface area contributed by atoms with Gasteiger partial charge in [-0.1, -0.05) is 30.9 Å². The smallest absolute Gasteiger partial charge is 0.0203 e. The standard InChI is InChI=1S/C18H32/c1-13(2)15(4)16-9-11-18(12-10-16)17-7-5-14(3)6-8-17/h14,16-18H,5-12H2,1-4H3. The highest BCUT2D eigenvalue weighted by Gasteiger charge is 2.30. The second-order valence-electron chi connectivity index (χ2n) is 7.31. The zero-order chi connectivity index (χ0) is 13.1. The summed E-state index contributed by atoms with van der Waals surface area (Å²) in [6, 6.07) is 0. The van der Waals surface area contributed by atoms with Crippen molar-refractivity contribution in [2.75, 3.05) is 0 Å². The summed E-state index contributed by atoms with van der Waals surface area (Å²) in [6.45, 7) is 9.36. The van der Waals surface area contributed by atoms with Crippen LogP contribution in [0.5, 0.6) is 0 Å². The molecule has 2 rings (SSSR count). The van der Waals surface area contributed by atoms with Crippen molar-refractivity contribution in [1.82, 2.24) is 0 Å². The SMILES string of the molecule is CC(C)=C(C)C1CCC(C2CCC(C)CC2)CC1. The van der Waals surface area contributed by atoms with Crippen molar-refractivity contribution in [2.45, 2.75) is 79.1 Å². The minimum absolute atomic E-state index is 0.911. The Balaban J connectivity index is 1.82. The zero-order valence-corrected chi connectivity index (χ0v) is 13.0. The predicted molar refractivity (Wildman–Crippen MR) is 80.6 cm³/mol. The number of rotatable bonds is 2. The van der Waals surface area contributed by atoms with Gasteiger partial charge in [-0.05, 0) is 83.0 Å². The summed E-state index contributed by atoms with van der Waals surface area (Å²) in [4.78, 5) is 0. The number of hydrogen-bond acceptors (Lipinski definition) is 0. The quantitative estimate of drug-likeness (QED) is 0.528. The Hall–Kier alpha value is -0.260. The van der Waals surface area contributed by atoms with Crippen LogP contribution in [-0.2, 0) is 0 Å². The van der Waals surface area contributed by atoms with Gasteiger partial charge in [-0.3, -0.25) is 0 Å². The van der Waals surface area contributed by atoms with E-state index in [1.807, 2.05) is 0 Å². The van der Waals surface area contributed by atoms with Crippen molar-refractivity contribution in [1.29, 1.82) is 0 Å². The highest BCUT2D eigenvalue weighted by molar-refractivity contribution is 5.11. The molecule has 0 saturated heterocycles. The van der Waals surface area contributed by atoms with Gasteiger partial charge >= 0.3 is 0 Å². The van der Waals surface area contributed by atoms with Crippen LogP contribution in [0.1, 0.15) is 79.1 Å². The summed E-state index contributed by atoms with van der Waals surface area (Å²) in [5.41, 5.74) is 3.25. The summed E-state index contributed by atoms with van der Waals surface area (Å²) in [5, 5.41) is 0. The minimum atomic E-state index is 0.911. The molecule has 2 aliphatic carbocycles. The van der Waals surface area contributed by atoms with Crippen molar-refractivity contribution in [2.24, 2.45) is 23.7 Å². The summed E-state index contributed by atoms with van der Waals surface area (Å²) in [7, 11) is 0. The molecular formula is C18H32. The molecule has 0 aromatic carbocycles. The fourth-order valence-electron chi connectivity index (χ4n) is 4.19. The van der Waals surface area contributed by atoms with Crippen LogP contribution >= 0.6 is 0 Å². The topological polar surface area (TPSA) is 0 Å². The van der Waals surface area contributed by atoms with Gasteiger partial charge in [0.1, 0.15) is 0 Å². The lowest BCUT2D eigenvalue weighted by molar-refractivity contribution is 0.158. The monoisotopic (exact) mass is 248 g/mol. The van der Waals surface area contributed by atoms with Crippen LogP contribution in [0.3, 0.4) is 0 Å². The van der Waals surface area contributed by atoms with E-state index in [9.17, 15) is 0 Å². The fraction of sp³-hybridized carbons (Fsp3) is 0.889. The van der Waals surface area contributed by atoms with E-state index in [-0.39, 0.29) is 0 Å². The summed E-state index contributed by atoms with van der Waals surface area (Å²) in [6.07, 6.45) is 12.0. The molecule has 0 atom stereocenters. The first-order valence-electron chi connectivity index (χ1n) is 8.22. The molecule has 0 spiro atoms. The molecule has 0 unspecified atom stereocenters. The Morgan fingerprint density at radius 1 is 0.667 bits per heavy atom. The van der Waals surface area contributed by atoms with E-state index < -0.39 is 0 Å². The van der Waals surface area contributed by atoms with Gasteiger partial charge in [0.2, 0.25) is 0 Å². The molecule has 0 bridgehead atoms. The van der Waals surface area contributed by atoms with E-state index in [2.05, 4.69) is 27.7 Å². The molecule has 0 aromatic heterocycles. The molecule has 104 valence electrons. The molecule has 0 radical (unpaired) electrons. The van der Waals surface area contributed by atoms with Gasteiger partial charge in [0.25, 0.3) is 0 Å². The maximum Gasteiger partial charge on any atom is -0.0203 e. The van der Waals surface area contributed by atoms with Crippen molar-refractivity contribution in [3.05, 3.63) is 11.1 Å². The van der Waals surface area contributed by atoms with E-state index in [1.54, 1.807) is 11.1 Å². The van der Waals surface area contributed by atoms with E-state index >= 15 is 0 Å². The summed E-state index contributed by atoms with van der Waals surface area (Å²) in [5.74, 6) is 4.06. The van der Waals surface area contributed by atoms with Crippen LogP contribution in [0, 0.1) is 23.7 Å². The first-order chi connectivity index (χ1) is 8.58. The lowest BCUT2D eigenvalue weighted by Crippen LogP contribution is -2.25. The molecule has 0 aliphatic heterocycles. The molecule has 0 amide bonds. The van der Waals surface area contributed by atoms with Gasteiger partial charge < -0.3 is 0 Å². The normalized spacial score (nSPS) is 37.3. The van der Waals surface area contributed by atoms with Crippen LogP contribution in [0.4, 0.5) is 0 Å². The van der Waals surface area contributed by atoms with Gasteiger partial charge in [0.15, 0.2) is 0 Å². The maximum absolute atomic E-state index is 2.44. The van der Waals surface area contributed by atoms with E-state index in [4.69, 9.17) is 0 Å². The van der Waals surface area contributed by atoms with Gasteiger partial charge in [0.05, 0.1) is 0 Å². The highest BCUT2D eigenvalue weighted by atomic mass is 14.4. The molecule has 18 heavy (non-hydrogen) atoms. The summed E-state index contributed by atoms with van der Waals surface area (Å²) >= 11 is 0. The average molecular weight is 248 g/mol. The lowest BCUT2D eigenvalue weighted by atomic mass is 9.68. The molecule has 0 nitrogen and oxygen atoms in total. The van der Waals surface area contributed by atoms with Crippen molar-refractivity contribution in [3.8, 4) is 0 Å². The molecule has 2 fully saturated rings.